The first kappa shape index (κ1) is 50.0. The lowest BCUT2D eigenvalue weighted by Crippen LogP contribution is -2.60. The van der Waals surface area contributed by atoms with Crippen LogP contribution < -0.4 is 19.7 Å². The number of carbonyl (C=O) groups excluding carboxylic acids is 1. The van der Waals surface area contributed by atoms with E-state index in [1.807, 2.05) is 21.8 Å². The molecule has 1 aliphatic carbocycles. The number of nitrogens with one attached hydrogen (secondary N) is 3. The summed E-state index contributed by atoms with van der Waals surface area (Å²) in [4.78, 5) is 39.2. The zero-order valence-corrected chi connectivity index (χ0v) is 41.6. The Morgan fingerprint density at radius 3 is 2.45 bits per heavy atom. The fraction of sp³-hybridized carbons (Fsp3) is 0.407. The number of aromatic nitrogens is 2. The molecule has 3 saturated heterocycles. The number of alkyl halides is 1. The average Bonchev–Trinajstić information content (AvgIpc) is 3.84. The van der Waals surface area contributed by atoms with Crippen molar-refractivity contribution in [2.75, 3.05) is 62.7 Å². The molecule has 0 radical (unpaired) electrons. The van der Waals surface area contributed by atoms with Crippen molar-refractivity contribution in [2.45, 2.75) is 87.5 Å². The second-order valence-electron chi connectivity index (χ2n) is 20.4. The lowest BCUT2D eigenvalue weighted by Gasteiger charge is -2.58. The van der Waals surface area contributed by atoms with E-state index in [1.54, 1.807) is 18.3 Å². The smallest absolute Gasteiger partial charge is 0.293 e. The van der Waals surface area contributed by atoms with Crippen molar-refractivity contribution < 1.29 is 40.8 Å². The van der Waals surface area contributed by atoms with Crippen molar-refractivity contribution in [1.29, 1.82) is 0 Å². The highest BCUT2D eigenvalue weighted by Gasteiger charge is 2.50. The van der Waals surface area contributed by atoms with Crippen LogP contribution in [0.3, 0.4) is 0 Å². The van der Waals surface area contributed by atoms with Crippen molar-refractivity contribution in [1.82, 2.24) is 24.5 Å². The topological polar surface area (TPSA) is 175 Å². The van der Waals surface area contributed by atoms with Gasteiger partial charge in [-0.2, -0.15) is 0 Å². The number of nitro benzene ring substituents is 1. The van der Waals surface area contributed by atoms with Gasteiger partial charge < -0.3 is 24.7 Å². The lowest BCUT2D eigenvalue weighted by atomic mass is 9.59. The lowest BCUT2D eigenvalue weighted by molar-refractivity contribution is -0.384. The van der Waals surface area contributed by atoms with Crippen LogP contribution in [0.4, 0.5) is 30.2 Å². The van der Waals surface area contributed by atoms with Gasteiger partial charge in [0.1, 0.15) is 40.1 Å². The van der Waals surface area contributed by atoms with Gasteiger partial charge in [0.05, 0.1) is 27.3 Å². The van der Waals surface area contributed by atoms with Crippen LogP contribution in [0.1, 0.15) is 91.4 Å². The van der Waals surface area contributed by atoms with Gasteiger partial charge in [-0.3, -0.25) is 24.7 Å². The molecule has 2 aromatic heterocycles. The number of ether oxygens (including phenoxy) is 2. The van der Waals surface area contributed by atoms with Gasteiger partial charge in [0.15, 0.2) is 0 Å². The van der Waals surface area contributed by atoms with E-state index < -0.39 is 48.5 Å². The number of aromatic amines is 1. The van der Waals surface area contributed by atoms with Gasteiger partial charge in [-0.1, -0.05) is 50.2 Å². The van der Waals surface area contributed by atoms with Gasteiger partial charge in [-0.15, -0.1) is 0 Å². The Morgan fingerprint density at radius 2 is 1.71 bits per heavy atom. The Kier molecular flexibility index (Phi) is 14.0. The van der Waals surface area contributed by atoms with Gasteiger partial charge >= 0.3 is 0 Å². The number of rotatable bonds is 15. The highest BCUT2D eigenvalue weighted by molar-refractivity contribution is 7.90. The quantitative estimate of drug-likeness (QED) is 0.0657. The van der Waals surface area contributed by atoms with E-state index >= 15 is 8.78 Å². The van der Waals surface area contributed by atoms with Gasteiger partial charge in [-0.25, -0.2) is 31.3 Å². The van der Waals surface area contributed by atoms with E-state index in [4.69, 9.17) is 9.47 Å². The number of sulfonamides is 1. The maximum Gasteiger partial charge on any atom is 0.293 e. The molecular weight excluding hydrogens is 962 g/mol. The Morgan fingerprint density at radius 1 is 0.959 bits per heavy atom. The highest BCUT2D eigenvalue weighted by atomic mass is 32.2. The molecule has 0 bridgehead atoms. The minimum Gasteiger partial charge on any atom is -0.455 e. The zero-order chi connectivity index (χ0) is 51.1. The van der Waals surface area contributed by atoms with Crippen molar-refractivity contribution in [3.05, 3.63) is 147 Å². The molecular formula is C54H59F3N8O7S. The maximum atomic E-state index is 16.5. The second kappa shape index (κ2) is 20.4. The number of hydrogen-bond donors (Lipinski definition) is 3. The third kappa shape index (κ3) is 10.8. The number of amides is 1. The van der Waals surface area contributed by atoms with Crippen LogP contribution in [0.5, 0.6) is 11.5 Å². The summed E-state index contributed by atoms with van der Waals surface area (Å²) < 4.78 is 86.6. The van der Waals surface area contributed by atoms with Gasteiger partial charge in [0.25, 0.3) is 21.6 Å². The summed E-state index contributed by atoms with van der Waals surface area (Å²) in [5, 5.41) is 15.6. The number of piperidine rings is 1. The molecule has 10 rings (SSSR count). The van der Waals surface area contributed by atoms with Gasteiger partial charge in [-0.05, 0) is 96.2 Å². The molecule has 73 heavy (non-hydrogen) atoms. The molecule has 3 aliphatic heterocycles. The van der Waals surface area contributed by atoms with Crippen LogP contribution in [0, 0.1) is 27.2 Å². The summed E-state index contributed by atoms with van der Waals surface area (Å²) >= 11 is 0. The summed E-state index contributed by atoms with van der Waals surface area (Å²) in [6, 6.07) is 24.8. The Balaban J connectivity index is 0.854. The number of carbonyl (C=O) groups is 1. The number of halogens is 3. The van der Waals surface area contributed by atoms with Crippen molar-refractivity contribution >= 4 is 44.0 Å². The van der Waals surface area contributed by atoms with E-state index in [-0.39, 0.29) is 72.7 Å². The van der Waals surface area contributed by atoms with E-state index in [0.29, 0.717) is 36.1 Å². The number of H-pyrrole nitrogens is 1. The van der Waals surface area contributed by atoms with Gasteiger partial charge in [0, 0.05) is 108 Å². The summed E-state index contributed by atoms with van der Waals surface area (Å²) in [7, 11) is -4.79. The molecule has 4 fully saturated rings. The molecule has 4 aromatic carbocycles. The molecule has 1 atom stereocenters. The summed E-state index contributed by atoms with van der Waals surface area (Å²) in [6.07, 6.45) is 6.96. The summed E-state index contributed by atoms with van der Waals surface area (Å²) in [5.41, 5.74) is 1.75. The predicted octanol–water partition coefficient (Wildman–Crippen LogP) is 10.0. The number of nitro groups is 1. The van der Waals surface area contributed by atoms with Crippen molar-refractivity contribution in [2.24, 2.45) is 5.41 Å². The first-order chi connectivity index (χ1) is 35.0. The maximum absolute atomic E-state index is 16.5. The monoisotopic (exact) mass is 1020 g/mol. The number of piperazine rings is 1. The van der Waals surface area contributed by atoms with Crippen LogP contribution in [0.15, 0.2) is 108 Å². The fourth-order valence-electron chi connectivity index (χ4n) is 11.2. The van der Waals surface area contributed by atoms with Crippen molar-refractivity contribution in [3.63, 3.8) is 0 Å². The number of nitrogens with zero attached hydrogens (tertiary/aromatic N) is 5. The Hall–Kier alpha value is -6.54. The first-order valence-electron chi connectivity index (χ1n) is 24.9. The van der Waals surface area contributed by atoms with Crippen LogP contribution in [-0.2, 0) is 21.3 Å². The number of pyridine rings is 1. The van der Waals surface area contributed by atoms with Gasteiger partial charge in [0.2, 0.25) is 0 Å². The number of benzene rings is 4. The summed E-state index contributed by atoms with van der Waals surface area (Å²) in [5.74, 6) is -1.81. The standard InChI is InChI=1S/C54H59F3N8O7S/c1-35(2)42-5-3-4-6-43(42)49-33-62(32-36-7-9-38(55)10-8-36)21-22-64(49)39-29-53(30-39)14-19-63(20-15-53)47-28-50(72-40-25-37-13-18-58-51(37)59-31-40)44(27-45(47)56)52(66)61-73(69,70)41-11-12-46(48(26-41)65(67)68)60-34-54(57)16-23-71-24-17-54/h3-13,18,25-28,31,35,39,49,60H,14-17,19-24,29-30,32-34H2,1-2H3,(H,58,59)(H,61,66). The normalized spacial score (nSPS) is 19.5. The van der Waals surface area contributed by atoms with Crippen LogP contribution in [0.25, 0.3) is 11.0 Å². The van der Waals surface area contributed by atoms with E-state index in [0.717, 1.165) is 81.7 Å². The molecule has 384 valence electrons. The van der Waals surface area contributed by atoms with E-state index in [9.17, 15) is 27.7 Å². The van der Waals surface area contributed by atoms with Crippen LogP contribution >= 0.6 is 0 Å². The largest absolute Gasteiger partial charge is 0.455 e. The van der Waals surface area contributed by atoms with Crippen LogP contribution in [0.2, 0.25) is 0 Å². The third-order valence-corrected chi connectivity index (χ3v) is 16.7. The molecule has 4 aliphatic rings. The molecule has 1 amide bonds. The second-order valence-corrected chi connectivity index (χ2v) is 22.1. The van der Waals surface area contributed by atoms with E-state index in [2.05, 4.69) is 63.2 Å². The molecule has 1 saturated carbocycles. The highest BCUT2D eigenvalue weighted by Crippen LogP contribution is 2.54. The van der Waals surface area contributed by atoms with Crippen molar-refractivity contribution in [3.8, 4) is 11.5 Å². The molecule has 19 heteroatoms. The average molecular weight is 1020 g/mol. The molecule has 15 nitrogen and oxygen atoms in total. The Labute approximate surface area is 422 Å². The van der Waals surface area contributed by atoms with E-state index in [1.165, 1.54) is 35.5 Å². The molecule has 1 spiro atoms. The number of hydrogen-bond acceptors (Lipinski definition) is 12. The first-order valence-corrected chi connectivity index (χ1v) is 26.4. The summed E-state index contributed by atoms with van der Waals surface area (Å²) in [6.45, 7) is 9.07. The molecule has 6 aromatic rings. The fourth-order valence-corrected chi connectivity index (χ4v) is 12.2. The third-order valence-electron chi connectivity index (χ3n) is 15.4. The zero-order valence-electron chi connectivity index (χ0n) is 40.8. The molecule has 5 heterocycles. The molecule has 1 unspecified atom stereocenters. The Bertz CT molecular complexity index is 3120. The minimum atomic E-state index is -4.79. The molecule has 3 N–H and O–H groups in total. The predicted molar refractivity (Wildman–Crippen MR) is 271 cm³/mol. The minimum absolute atomic E-state index is 0.0692. The van der Waals surface area contributed by atoms with Crippen LogP contribution in [-0.4, -0.2) is 103 Å². The number of anilines is 2. The SMILES string of the molecule is CC(C)c1ccccc1C1CN(Cc2ccc(F)cc2)CCN1C1CC2(CCN(c3cc(Oc4cnc5[nH]ccc5c4)c(C(=O)NS(=O)(=O)c4ccc(NCC5(F)CCOCC5)c([N+](=O)[O-])c4)cc3F)CC2)C1. The number of fused-ring (bicyclic) bond motifs is 1.